The highest BCUT2D eigenvalue weighted by atomic mass is 32.2. The number of carboxylic acids is 1. The summed E-state index contributed by atoms with van der Waals surface area (Å²) in [6.45, 7) is -1.94. The molecule has 10 nitrogen and oxygen atoms in total. The molecule has 0 aliphatic carbocycles. The Balaban J connectivity index is 1.76. The van der Waals surface area contributed by atoms with Crippen molar-refractivity contribution in [1.82, 2.24) is 25.0 Å². The van der Waals surface area contributed by atoms with Crippen molar-refractivity contribution in [3.63, 3.8) is 0 Å². The molecule has 3 heterocycles. The summed E-state index contributed by atoms with van der Waals surface area (Å²) in [6, 6.07) is 0. The molecular formula is C16H18F3N5O5S3. The molecule has 1 aromatic heterocycles. The number of carbonyl (C=O) groups is 3. The number of halogens is 3. The number of hydrogen-bond donors (Lipinski definition) is 2. The van der Waals surface area contributed by atoms with E-state index in [4.69, 9.17) is 4.74 Å². The molecule has 1 saturated heterocycles. The van der Waals surface area contributed by atoms with Gasteiger partial charge in [0.05, 0.1) is 5.75 Å². The van der Waals surface area contributed by atoms with Gasteiger partial charge < -0.3 is 19.7 Å². The lowest BCUT2D eigenvalue weighted by Crippen LogP contribution is -2.80. The van der Waals surface area contributed by atoms with Crippen molar-refractivity contribution < 1.29 is 37.4 Å². The average Bonchev–Trinajstić information content (AvgIpc) is 3.18. The van der Waals surface area contributed by atoms with Crippen molar-refractivity contribution in [2.24, 2.45) is 7.05 Å². The molecule has 0 aromatic carbocycles. The van der Waals surface area contributed by atoms with Gasteiger partial charge >= 0.3 is 11.2 Å². The number of amides is 2. The molecule has 176 valence electrons. The summed E-state index contributed by atoms with van der Waals surface area (Å²) in [5.41, 5.74) is -1.67. The summed E-state index contributed by atoms with van der Waals surface area (Å²) in [7, 11) is 2.87. The van der Waals surface area contributed by atoms with Gasteiger partial charge in [0.2, 0.25) is 5.91 Å². The van der Waals surface area contributed by atoms with Gasteiger partial charge in [0.25, 0.3) is 11.6 Å². The maximum Gasteiger partial charge on any atom is 0.352 e. The van der Waals surface area contributed by atoms with E-state index in [-0.39, 0.29) is 29.0 Å². The molecule has 2 amide bonds. The standard InChI is InChI=1S/C16H18F3N5O5S3/c1-23-7-20-22-14(23)31-4-8-3-30-13-16(29-2,12(28)24(13)10(8)11(26)27)21-9(25)5-32-15(18,19)6-17/h7,13H,3-6H2,1-2H3,(H,21,25)(H,26,27)/t13-,16-/m0/s1. The minimum atomic E-state index is -3.73. The van der Waals surface area contributed by atoms with E-state index in [1.807, 2.05) is 0 Å². The minimum Gasteiger partial charge on any atom is -0.477 e. The van der Waals surface area contributed by atoms with Gasteiger partial charge in [0.1, 0.15) is 17.4 Å². The summed E-state index contributed by atoms with van der Waals surface area (Å²) in [6.07, 6.45) is 1.50. The Hall–Kier alpha value is -1.91. The Morgan fingerprint density at radius 2 is 2.22 bits per heavy atom. The van der Waals surface area contributed by atoms with Crippen molar-refractivity contribution in [2.75, 3.05) is 31.0 Å². The van der Waals surface area contributed by atoms with Crippen LogP contribution in [0.3, 0.4) is 0 Å². The molecule has 1 aromatic rings. The lowest BCUT2D eigenvalue weighted by Gasteiger charge is -2.55. The third-order valence-electron chi connectivity index (χ3n) is 4.58. The van der Waals surface area contributed by atoms with Gasteiger partial charge in [-0.1, -0.05) is 23.5 Å². The molecule has 2 aliphatic heterocycles. The highest BCUT2D eigenvalue weighted by molar-refractivity contribution is 8.01. The van der Waals surface area contributed by atoms with Crippen LogP contribution in [0.4, 0.5) is 13.2 Å². The monoisotopic (exact) mass is 513 g/mol. The number of thioether (sulfide) groups is 3. The lowest BCUT2D eigenvalue weighted by molar-refractivity contribution is -0.192. The SMILES string of the molecule is CO[C@@]1(NC(=O)CSC(F)(F)CF)C(=O)N2C(C(=O)O)=C(CSc3nncn3C)CS[C@H]21. The van der Waals surface area contributed by atoms with Crippen LogP contribution in [-0.2, 0) is 26.2 Å². The molecule has 0 saturated carbocycles. The number of β-lactam (4-membered cyclic amide) rings is 1. The zero-order valence-electron chi connectivity index (χ0n) is 16.7. The Bertz CT molecular complexity index is 961. The smallest absolute Gasteiger partial charge is 0.352 e. The topological polar surface area (TPSA) is 127 Å². The summed E-state index contributed by atoms with van der Waals surface area (Å²) >= 11 is 2.20. The van der Waals surface area contributed by atoms with E-state index >= 15 is 0 Å². The van der Waals surface area contributed by atoms with Gasteiger partial charge in [-0.25, -0.2) is 9.18 Å². The molecule has 0 unspecified atom stereocenters. The normalized spacial score (nSPS) is 23.1. The minimum absolute atomic E-state index is 0.211. The Morgan fingerprint density at radius 3 is 2.78 bits per heavy atom. The van der Waals surface area contributed by atoms with Gasteiger partial charge in [0, 0.05) is 25.7 Å². The van der Waals surface area contributed by atoms with Crippen LogP contribution >= 0.6 is 35.3 Å². The first-order valence-electron chi connectivity index (χ1n) is 8.87. The third-order valence-corrected chi connectivity index (χ3v) is 8.01. The maximum absolute atomic E-state index is 13.1. The zero-order chi connectivity index (χ0) is 23.7. The number of carboxylic acid groups (broad SMARTS) is 1. The number of aliphatic carboxylic acids is 1. The molecule has 1 fully saturated rings. The first-order valence-corrected chi connectivity index (χ1v) is 11.9. The third kappa shape index (κ3) is 4.58. The Morgan fingerprint density at radius 1 is 1.50 bits per heavy atom. The van der Waals surface area contributed by atoms with Gasteiger partial charge in [-0.05, 0) is 5.57 Å². The number of nitrogens with zero attached hydrogens (tertiary/aromatic N) is 4. The number of hydrogen-bond acceptors (Lipinski definition) is 9. The predicted octanol–water partition coefficient (Wildman–Crippen LogP) is 0.915. The predicted molar refractivity (Wildman–Crippen MR) is 111 cm³/mol. The van der Waals surface area contributed by atoms with E-state index in [0.29, 0.717) is 10.7 Å². The number of fused-ring (bicyclic) bond motifs is 1. The van der Waals surface area contributed by atoms with Crippen molar-refractivity contribution in [2.45, 2.75) is 21.5 Å². The van der Waals surface area contributed by atoms with Gasteiger partial charge in [-0.3, -0.25) is 14.5 Å². The van der Waals surface area contributed by atoms with Crippen LogP contribution in [0.5, 0.6) is 0 Å². The number of methoxy groups -OCH3 is 1. The van der Waals surface area contributed by atoms with Crippen LogP contribution in [0.2, 0.25) is 0 Å². The van der Waals surface area contributed by atoms with E-state index in [2.05, 4.69) is 15.5 Å². The number of alkyl halides is 3. The van der Waals surface area contributed by atoms with E-state index in [1.165, 1.54) is 18.1 Å². The van der Waals surface area contributed by atoms with E-state index in [0.717, 1.165) is 23.8 Å². The summed E-state index contributed by atoms with van der Waals surface area (Å²) in [5, 5.41) is 15.6. The lowest BCUT2D eigenvalue weighted by atomic mass is 9.98. The second kappa shape index (κ2) is 9.52. The zero-order valence-corrected chi connectivity index (χ0v) is 19.2. The first kappa shape index (κ1) is 24.7. The van der Waals surface area contributed by atoms with Crippen molar-refractivity contribution in [3.05, 3.63) is 17.6 Å². The van der Waals surface area contributed by atoms with Gasteiger partial charge in [-0.2, -0.15) is 8.78 Å². The molecule has 3 rings (SSSR count). The number of aromatic nitrogens is 3. The molecule has 0 radical (unpaired) electrons. The van der Waals surface area contributed by atoms with Crippen LogP contribution in [0.15, 0.2) is 22.8 Å². The molecule has 0 spiro atoms. The van der Waals surface area contributed by atoms with Crippen LogP contribution in [0.25, 0.3) is 0 Å². The summed E-state index contributed by atoms with van der Waals surface area (Å²) in [5.74, 6) is -3.50. The van der Waals surface area contributed by atoms with E-state index in [1.54, 1.807) is 11.6 Å². The first-order chi connectivity index (χ1) is 15.1. The molecule has 2 atom stereocenters. The molecule has 2 N–H and O–H groups in total. The number of ether oxygens (including phenoxy) is 1. The summed E-state index contributed by atoms with van der Waals surface area (Å²) < 4.78 is 45.3. The Kier molecular flexibility index (Phi) is 7.36. The fourth-order valence-corrected chi connectivity index (χ4v) is 6.02. The van der Waals surface area contributed by atoms with Crippen molar-refractivity contribution in [3.8, 4) is 0 Å². The fourth-order valence-electron chi connectivity index (χ4n) is 3.06. The molecule has 32 heavy (non-hydrogen) atoms. The van der Waals surface area contributed by atoms with Gasteiger partial charge in [-0.15, -0.1) is 22.0 Å². The fraction of sp³-hybridized carbons (Fsp3) is 0.562. The second-order valence-electron chi connectivity index (χ2n) is 6.66. The second-order valence-corrected chi connectivity index (χ2v) is 9.84. The van der Waals surface area contributed by atoms with Crippen LogP contribution < -0.4 is 5.32 Å². The maximum atomic E-state index is 13.1. The van der Waals surface area contributed by atoms with Crippen molar-refractivity contribution >= 4 is 53.1 Å². The van der Waals surface area contributed by atoms with Crippen LogP contribution in [-0.4, -0.2) is 90.0 Å². The van der Waals surface area contributed by atoms with Crippen LogP contribution in [0.1, 0.15) is 0 Å². The highest BCUT2D eigenvalue weighted by Gasteiger charge is 2.66. The molecule has 2 aliphatic rings. The number of nitrogens with one attached hydrogen (secondary N) is 1. The quantitative estimate of drug-likeness (QED) is 0.265. The molecule has 16 heteroatoms. The Labute approximate surface area is 192 Å². The van der Waals surface area contributed by atoms with E-state index in [9.17, 15) is 32.7 Å². The van der Waals surface area contributed by atoms with Crippen LogP contribution in [0, 0.1) is 0 Å². The molecule has 0 bridgehead atoms. The number of aryl methyl sites for hydroxylation is 1. The molecular weight excluding hydrogens is 495 g/mol. The van der Waals surface area contributed by atoms with Crippen molar-refractivity contribution in [1.29, 1.82) is 0 Å². The largest absolute Gasteiger partial charge is 0.477 e. The summed E-state index contributed by atoms with van der Waals surface area (Å²) in [4.78, 5) is 38.0. The number of rotatable bonds is 10. The average molecular weight is 514 g/mol. The highest BCUT2D eigenvalue weighted by Crippen LogP contribution is 2.47. The van der Waals surface area contributed by atoms with Gasteiger partial charge in [0.15, 0.2) is 11.8 Å². The van der Waals surface area contributed by atoms with E-state index < -0.39 is 46.6 Å². The number of carbonyl (C=O) groups excluding carboxylic acids is 2.